The van der Waals surface area contributed by atoms with Gasteiger partial charge in [0.1, 0.15) is 0 Å². The third kappa shape index (κ3) is 47.4. The first-order valence-electron chi connectivity index (χ1n) is 2.83. The monoisotopic (exact) mass is 314 g/mol. The fourth-order valence-corrected chi connectivity index (χ4v) is 0.393. The van der Waals surface area contributed by atoms with Gasteiger partial charge in [-0.3, -0.25) is 0 Å². The molecule has 1 aliphatic carbocycles. The number of hydrogen-bond acceptors (Lipinski definition) is 0. The molecule has 0 atom stereocenters. The molecule has 0 bridgehead atoms. The van der Waals surface area contributed by atoms with Crippen molar-refractivity contribution in [2.24, 2.45) is 0 Å². The van der Waals surface area contributed by atoms with Crippen molar-refractivity contribution in [1.29, 1.82) is 0 Å². The van der Waals surface area contributed by atoms with E-state index in [4.69, 9.17) is 0 Å². The van der Waals surface area contributed by atoms with Gasteiger partial charge >= 0.3 is 34.4 Å². The summed E-state index contributed by atoms with van der Waals surface area (Å²) in [6.07, 6.45) is 9.50. The molecule has 0 aromatic carbocycles. The van der Waals surface area contributed by atoms with Gasteiger partial charge < -0.3 is 0 Å². The van der Waals surface area contributed by atoms with Crippen LogP contribution in [0.3, 0.4) is 0 Å². The van der Waals surface area contributed by atoms with Crippen LogP contribution in [-0.2, 0) is 19.5 Å². The molecular weight excluding hydrogens is 306 g/mol. The van der Waals surface area contributed by atoms with Crippen LogP contribution in [-0.4, -0.2) is 0 Å². The van der Waals surface area contributed by atoms with Gasteiger partial charge in [-0.1, -0.05) is 24.3 Å². The summed E-state index contributed by atoms with van der Waals surface area (Å²) in [5.74, 6) is 0. The normalized spacial score (nSPS) is 19.2. The van der Waals surface area contributed by atoms with Crippen molar-refractivity contribution >= 4 is 7.81 Å². The molecule has 82 valence electrons. The Hall–Kier alpha value is 0.113. The van der Waals surface area contributed by atoms with Gasteiger partial charge in [0.15, 0.2) is 0 Å². The summed E-state index contributed by atoms with van der Waals surface area (Å²) in [5, 5.41) is 0. The zero-order valence-corrected chi connectivity index (χ0v) is 8.72. The zero-order chi connectivity index (χ0) is 9.94. The van der Waals surface area contributed by atoms with Crippen molar-refractivity contribution in [3.8, 4) is 0 Å². The van der Waals surface area contributed by atoms with E-state index in [0.29, 0.717) is 0 Å². The van der Waals surface area contributed by atoms with Gasteiger partial charge in [-0.05, 0) is 6.42 Å². The first-order chi connectivity index (χ1) is 4.95. The molecular formula is C5H7F6PRu. The number of halogens is 6. The van der Waals surface area contributed by atoms with E-state index in [-0.39, 0.29) is 20.9 Å². The molecule has 0 amide bonds. The summed E-state index contributed by atoms with van der Waals surface area (Å²) in [5.41, 5.74) is 0. The largest absolute Gasteiger partial charge is 1.00 e. The summed E-state index contributed by atoms with van der Waals surface area (Å²) in [4.78, 5) is 0. The number of allylic oxidation sites excluding steroid dienone is 4. The fraction of sp³-hybridized carbons (Fsp3) is 0.200. The maximum Gasteiger partial charge on any atom is 1.00 e. The van der Waals surface area contributed by atoms with Gasteiger partial charge in [0, 0.05) is 19.5 Å². The molecule has 0 aromatic rings. The Morgan fingerprint density at radius 1 is 0.846 bits per heavy atom. The molecule has 1 rings (SSSR count). The molecule has 0 fully saturated rings. The van der Waals surface area contributed by atoms with Crippen LogP contribution in [0.25, 0.3) is 0 Å². The zero-order valence-electron chi connectivity index (χ0n) is 7.09. The van der Waals surface area contributed by atoms with Crippen LogP contribution >= 0.6 is 7.81 Å². The SMILES string of the molecule is C1=CCC=C1.F[P-](F)(F)(F)(F)F.[H+].[Ru]. The van der Waals surface area contributed by atoms with E-state index < -0.39 is 7.81 Å². The Morgan fingerprint density at radius 3 is 1.15 bits per heavy atom. The van der Waals surface area contributed by atoms with Gasteiger partial charge in [0.05, 0.1) is 0 Å². The van der Waals surface area contributed by atoms with Crippen LogP contribution < -0.4 is 0 Å². The topological polar surface area (TPSA) is 0 Å². The minimum atomic E-state index is -10.7. The van der Waals surface area contributed by atoms with Gasteiger partial charge in [0.2, 0.25) is 0 Å². The first-order valence-corrected chi connectivity index (χ1v) is 4.86. The molecule has 1 aliphatic rings. The van der Waals surface area contributed by atoms with Crippen molar-refractivity contribution in [3.63, 3.8) is 0 Å². The second-order valence-corrected chi connectivity index (χ2v) is 3.97. The maximum absolute atomic E-state index is 10.7. The van der Waals surface area contributed by atoms with Crippen molar-refractivity contribution in [2.75, 3.05) is 0 Å². The summed E-state index contributed by atoms with van der Waals surface area (Å²) >= 11 is 0. The summed E-state index contributed by atoms with van der Waals surface area (Å²) < 4.78 is 59.2. The smallest absolute Gasteiger partial charge is 0 e. The average Bonchev–Trinajstić information content (AvgIpc) is 2.00. The molecule has 0 aliphatic heterocycles. The van der Waals surface area contributed by atoms with E-state index in [2.05, 4.69) is 24.3 Å². The Balaban J connectivity index is -0.000000155. The van der Waals surface area contributed by atoms with Gasteiger partial charge in [-0.2, -0.15) is 0 Å². The van der Waals surface area contributed by atoms with E-state index in [1.807, 2.05) is 0 Å². The summed E-state index contributed by atoms with van der Waals surface area (Å²) in [6.45, 7) is 0. The Kier molecular flexibility index (Phi) is 4.43. The van der Waals surface area contributed by atoms with Crippen molar-refractivity contribution in [2.45, 2.75) is 6.42 Å². The quantitative estimate of drug-likeness (QED) is 0.335. The molecule has 0 radical (unpaired) electrons. The van der Waals surface area contributed by atoms with Gasteiger partial charge in [-0.25, -0.2) is 0 Å². The van der Waals surface area contributed by atoms with Gasteiger partial charge in [-0.15, -0.1) is 0 Å². The van der Waals surface area contributed by atoms with Crippen molar-refractivity contribution in [1.82, 2.24) is 0 Å². The Bertz CT molecular complexity index is 194. The first kappa shape index (κ1) is 15.6. The molecule has 0 aromatic heterocycles. The molecule has 0 spiro atoms. The molecule has 0 nitrogen and oxygen atoms in total. The van der Waals surface area contributed by atoms with E-state index >= 15 is 0 Å². The molecule has 0 heterocycles. The second-order valence-electron chi connectivity index (χ2n) is 2.05. The van der Waals surface area contributed by atoms with Crippen LogP contribution in [0.2, 0.25) is 0 Å². The number of rotatable bonds is 0. The molecule has 13 heavy (non-hydrogen) atoms. The maximum atomic E-state index is 9.87. The third-order valence-electron chi connectivity index (χ3n) is 0.655. The van der Waals surface area contributed by atoms with Crippen LogP contribution in [0.1, 0.15) is 7.85 Å². The minimum absolute atomic E-state index is 0. The Labute approximate surface area is 85.2 Å². The summed E-state index contributed by atoms with van der Waals surface area (Å²) in [7, 11) is -10.7. The van der Waals surface area contributed by atoms with E-state index in [0.717, 1.165) is 6.42 Å². The minimum Gasteiger partial charge on any atom is 0 e. The fourth-order valence-electron chi connectivity index (χ4n) is 0.393. The second kappa shape index (κ2) is 3.70. The molecule has 0 unspecified atom stereocenters. The van der Waals surface area contributed by atoms with Crippen LogP contribution in [0.5, 0.6) is 0 Å². The summed E-state index contributed by atoms with van der Waals surface area (Å²) in [6, 6.07) is 0. The van der Waals surface area contributed by atoms with Crippen LogP contribution in [0, 0.1) is 0 Å². The third-order valence-corrected chi connectivity index (χ3v) is 0.655. The van der Waals surface area contributed by atoms with E-state index in [9.17, 15) is 25.2 Å². The van der Waals surface area contributed by atoms with Crippen LogP contribution in [0.4, 0.5) is 25.2 Å². The van der Waals surface area contributed by atoms with Gasteiger partial charge in [0.25, 0.3) is 0 Å². The predicted octanol–water partition coefficient (Wildman–Crippen LogP) is 4.99. The predicted molar refractivity (Wildman–Crippen MR) is 37.6 cm³/mol. The number of hydrogen-bond donors (Lipinski definition) is 0. The molecule has 0 N–H and O–H groups in total. The average molecular weight is 313 g/mol. The van der Waals surface area contributed by atoms with E-state index in [1.54, 1.807) is 0 Å². The van der Waals surface area contributed by atoms with E-state index in [1.165, 1.54) is 0 Å². The van der Waals surface area contributed by atoms with Crippen molar-refractivity contribution in [3.05, 3.63) is 24.3 Å². The molecule has 0 saturated heterocycles. The molecule has 0 saturated carbocycles. The van der Waals surface area contributed by atoms with Crippen molar-refractivity contribution < 1.29 is 46.1 Å². The molecule has 8 heteroatoms. The Morgan fingerprint density at radius 2 is 1.08 bits per heavy atom. The van der Waals surface area contributed by atoms with Crippen LogP contribution in [0.15, 0.2) is 24.3 Å². The standard InChI is InChI=1S/C5H6.F6P.Ru/c1-2-4-5-3-1;1-7(2,3,4,5)6;/h1-4H,5H2;;/q;-1;/p+1.